The predicted octanol–water partition coefficient (Wildman–Crippen LogP) is 2.78. The minimum Gasteiger partial charge on any atom is -0.480 e. The smallest absolute Gasteiger partial charge is 0.417 e. The highest BCUT2D eigenvalue weighted by Crippen LogP contribution is 2.33. The average Bonchev–Trinajstić information content (AvgIpc) is 2.45. The molecule has 0 spiro atoms. The maximum Gasteiger partial charge on any atom is 0.417 e. The monoisotopic (exact) mass is 301 g/mol. The number of carboxylic acid groups (broad SMARTS) is 1. The molecule has 21 heavy (non-hydrogen) atoms. The van der Waals surface area contributed by atoms with E-state index >= 15 is 0 Å². The number of amides is 1. The van der Waals surface area contributed by atoms with Gasteiger partial charge in [-0.25, -0.2) is 4.79 Å². The van der Waals surface area contributed by atoms with Gasteiger partial charge in [0, 0.05) is 6.54 Å². The van der Waals surface area contributed by atoms with Crippen LogP contribution in [0.25, 0.3) is 0 Å². The molecule has 0 aliphatic carbocycles. The maximum atomic E-state index is 12.9. The number of hydrogen-bond donors (Lipinski definition) is 1. The number of halogens is 3. The van der Waals surface area contributed by atoms with E-state index in [1.54, 1.807) is 0 Å². The second kappa shape index (κ2) is 5.75. The Balaban J connectivity index is 2.37. The van der Waals surface area contributed by atoms with Crippen molar-refractivity contribution in [3.63, 3.8) is 0 Å². The highest BCUT2D eigenvalue weighted by molar-refractivity contribution is 5.98. The van der Waals surface area contributed by atoms with Crippen LogP contribution in [0.15, 0.2) is 24.3 Å². The van der Waals surface area contributed by atoms with E-state index in [0.29, 0.717) is 12.8 Å². The van der Waals surface area contributed by atoms with Crippen LogP contribution >= 0.6 is 0 Å². The molecule has 4 nitrogen and oxygen atoms in total. The van der Waals surface area contributed by atoms with E-state index < -0.39 is 35.2 Å². The standard InChI is InChI=1S/C14H14F3NO3/c15-14(16,17)10-6-2-1-5-9(10)12(19)18-8-4-3-7-11(18)13(20)21/h1-2,5-6,11H,3-4,7-8H2,(H,20,21)/t11-/m1/s1. The summed E-state index contributed by atoms with van der Waals surface area (Å²) in [6.45, 7) is 0.155. The Kier molecular flexibility index (Phi) is 4.20. The van der Waals surface area contributed by atoms with Gasteiger partial charge in [0.1, 0.15) is 6.04 Å². The van der Waals surface area contributed by atoms with Gasteiger partial charge in [0.25, 0.3) is 5.91 Å². The second-order valence-corrected chi connectivity index (χ2v) is 4.89. The number of hydrogen-bond acceptors (Lipinski definition) is 2. The van der Waals surface area contributed by atoms with Gasteiger partial charge in [0.15, 0.2) is 0 Å². The van der Waals surface area contributed by atoms with E-state index in [-0.39, 0.29) is 13.0 Å². The summed E-state index contributed by atoms with van der Waals surface area (Å²) >= 11 is 0. The van der Waals surface area contributed by atoms with Crippen LogP contribution in [0.2, 0.25) is 0 Å². The van der Waals surface area contributed by atoms with Crippen molar-refractivity contribution in [1.82, 2.24) is 4.90 Å². The van der Waals surface area contributed by atoms with E-state index in [9.17, 15) is 22.8 Å². The van der Waals surface area contributed by atoms with Gasteiger partial charge in [-0.3, -0.25) is 4.79 Å². The minimum atomic E-state index is -4.65. The Bertz CT molecular complexity index is 557. The number of benzene rings is 1. The lowest BCUT2D eigenvalue weighted by Crippen LogP contribution is -2.48. The average molecular weight is 301 g/mol. The molecular formula is C14H14F3NO3. The predicted molar refractivity (Wildman–Crippen MR) is 67.8 cm³/mol. The van der Waals surface area contributed by atoms with Crippen LogP contribution in [-0.4, -0.2) is 34.5 Å². The zero-order valence-electron chi connectivity index (χ0n) is 11.1. The number of carbonyl (C=O) groups is 2. The first-order valence-corrected chi connectivity index (χ1v) is 6.52. The number of piperidine rings is 1. The van der Waals surface area contributed by atoms with E-state index in [4.69, 9.17) is 5.11 Å². The molecule has 1 aliphatic rings. The quantitative estimate of drug-likeness (QED) is 0.914. The molecule has 1 heterocycles. The zero-order valence-corrected chi connectivity index (χ0v) is 11.1. The Labute approximate surface area is 119 Å². The molecule has 0 radical (unpaired) electrons. The van der Waals surface area contributed by atoms with Gasteiger partial charge in [0.05, 0.1) is 11.1 Å². The van der Waals surface area contributed by atoms with E-state index in [0.717, 1.165) is 17.0 Å². The highest BCUT2D eigenvalue weighted by Gasteiger charge is 2.38. The van der Waals surface area contributed by atoms with Gasteiger partial charge in [0.2, 0.25) is 0 Å². The first kappa shape index (κ1) is 15.3. The van der Waals surface area contributed by atoms with Crippen LogP contribution in [0.4, 0.5) is 13.2 Å². The first-order valence-electron chi connectivity index (χ1n) is 6.52. The molecular weight excluding hydrogens is 287 g/mol. The summed E-state index contributed by atoms with van der Waals surface area (Å²) in [6.07, 6.45) is -3.17. The molecule has 0 unspecified atom stereocenters. The number of carboxylic acids is 1. The summed E-state index contributed by atoms with van der Waals surface area (Å²) in [5.41, 5.74) is -1.54. The third kappa shape index (κ3) is 3.17. The number of rotatable bonds is 2. The SMILES string of the molecule is O=C(O)[C@H]1CCCCN1C(=O)c1ccccc1C(F)(F)F. The van der Waals surface area contributed by atoms with Crippen molar-refractivity contribution in [3.05, 3.63) is 35.4 Å². The molecule has 1 aliphatic heterocycles. The largest absolute Gasteiger partial charge is 0.480 e. The summed E-state index contributed by atoms with van der Waals surface area (Å²) in [7, 11) is 0. The van der Waals surface area contributed by atoms with Crippen molar-refractivity contribution >= 4 is 11.9 Å². The van der Waals surface area contributed by atoms with E-state index in [2.05, 4.69) is 0 Å². The topological polar surface area (TPSA) is 57.6 Å². The van der Waals surface area contributed by atoms with Gasteiger partial charge in [-0.15, -0.1) is 0 Å². The van der Waals surface area contributed by atoms with Crippen molar-refractivity contribution in [2.45, 2.75) is 31.5 Å². The van der Waals surface area contributed by atoms with Crippen LogP contribution < -0.4 is 0 Å². The maximum absolute atomic E-state index is 12.9. The molecule has 0 bridgehead atoms. The molecule has 1 aromatic rings. The van der Waals surface area contributed by atoms with Gasteiger partial charge in [-0.1, -0.05) is 12.1 Å². The molecule has 2 rings (SSSR count). The molecule has 1 fully saturated rings. The molecule has 0 saturated carbocycles. The van der Waals surface area contributed by atoms with Crippen LogP contribution in [0.1, 0.15) is 35.2 Å². The van der Waals surface area contributed by atoms with Crippen molar-refractivity contribution in [2.75, 3.05) is 6.54 Å². The third-order valence-corrected chi connectivity index (χ3v) is 3.51. The Morgan fingerprint density at radius 2 is 1.86 bits per heavy atom. The molecule has 1 saturated heterocycles. The molecule has 1 aromatic carbocycles. The number of carbonyl (C=O) groups excluding carboxylic acids is 1. The van der Waals surface area contributed by atoms with E-state index in [1.807, 2.05) is 0 Å². The molecule has 7 heteroatoms. The molecule has 1 amide bonds. The van der Waals surface area contributed by atoms with Gasteiger partial charge < -0.3 is 10.0 Å². The number of aliphatic carboxylic acids is 1. The van der Waals surface area contributed by atoms with E-state index in [1.165, 1.54) is 12.1 Å². The lowest BCUT2D eigenvalue weighted by Gasteiger charge is -2.33. The van der Waals surface area contributed by atoms with Crippen LogP contribution in [0, 0.1) is 0 Å². The van der Waals surface area contributed by atoms with Crippen molar-refractivity contribution in [1.29, 1.82) is 0 Å². The fourth-order valence-corrected chi connectivity index (χ4v) is 2.50. The number of likely N-dealkylation sites (tertiary alicyclic amines) is 1. The van der Waals surface area contributed by atoms with Crippen LogP contribution in [0.5, 0.6) is 0 Å². The second-order valence-electron chi connectivity index (χ2n) is 4.89. The fourth-order valence-electron chi connectivity index (χ4n) is 2.50. The van der Waals surface area contributed by atoms with Gasteiger partial charge >= 0.3 is 12.1 Å². The van der Waals surface area contributed by atoms with Crippen molar-refractivity contribution in [2.24, 2.45) is 0 Å². The number of alkyl halides is 3. The summed E-state index contributed by atoms with van der Waals surface area (Å²) in [6, 6.07) is 3.38. The molecule has 0 aromatic heterocycles. The Morgan fingerprint density at radius 1 is 1.19 bits per heavy atom. The van der Waals surface area contributed by atoms with Crippen molar-refractivity contribution < 1.29 is 27.9 Å². The first-order chi connectivity index (χ1) is 9.82. The summed E-state index contributed by atoms with van der Waals surface area (Å²) < 4.78 is 38.8. The number of nitrogens with zero attached hydrogens (tertiary/aromatic N) is 1. The summed E-state index contributed by atoms with van der Waals surface area (Å²) in [5, 5.41) is 9.12. The molecule has 1 atom stereocenters. The summed E-state index contributed by atoms with van der Waals surface area (Å²) in [5.74, 6) is -2.07. The lowest BCUT2D eigenvalue weighted by molar-refractivity contribution is -0.143. The van der Waals surface area contributed by atoms with Gasteiger partial charge in [-0.2, -0.15) is 13.2 Å². The lowest BCUT2D eigenvalue weighted by atomic mass is 9.99. The van der Waals surface area contributed by atoms with Crippen molar-refractivity contribution in [3.8, 4) is 0 Å². The van der Waals surface area contributed by atoms with Crippen LogP contribution in [-0.2, 0) is 11.0 Å². The van der Waals surface area contributed by atoms with Crippen LogP contribution in [0.3, 0.4) is 0 Å². The molecule has 114 valence electrons. The molecule has 1 N–H and O–H groups in total. The zero-order chi connectivity index (χ0) is 15.6. The highest BCUT2D eigenvalue weighted by atomic mass is 19.4. The Morgan fingerprint density at radius 3 is 2.48 bits per heavy atom. The third-order valence-electron chi connectivity index (χ3n) is 3.51. The fraction of sp³-hybridized carbons (Fsp3) is 0.429. The normalized spacial score (nSPS) is 19.4. The summed E-state index contributed by atoms with van der Waals surface area (Å²) in [4.78, 5) is 24.5. The van der Waals surface area contributed by atoms with Gasteiger partial charge in [-0.05, 0) is 31.4 Å². The minimum absolute atomic E-state index is 0.155. The Hall–Kier alpha value is -2.05.